The lowest BCUT2D eigenvalue weighted by Crippen LogP contribution is -2.54. The normalized spacial score (nSPS) is 26.8. The summed E-state index contributed by atoms with van der Waals surface area (Å²) >= 11 is 0. The van der Waals surface area contributed by atoms with Crippen molar-refractivity contribution in [3.05, 3.63) is 30.1 Å². The quantitative estimate of drug-likeness (QED) is 0.896. The van der Waals surface area contributed by atoms with Gasteiger partial charge in [-0.3, -0.25) is 9.89 Å². The number of nitrogens with zero attached hydrogens (tertiary/aromatic N) is 3. The summed E-state index contributed by atoms with van der Waals surface area (Å²) in [7, 11) is 0. The third-order valence-corrected chi connectivity index (χ3v) is 4.40. The van der Waals surface area contributed by atoms with Gasteiger partial charge in [0.15, 0.2) is 5.96 Å². The maximum Gasteiger partial charge on any atom is 0.196 e. The maximum absolute atomic E-state index is 13.5. The summed E-state index contributed by atoms with van der Waals surface area (Å²) in [5, 5.41) is 0. The summed E-state index contributed by atoms with van der Waals surface area (Å²) in [6.45, 7) is 7.05. The van der Waals surface area contributed by atoms with E-state index in [2.05, 4.69) is 23.7 Å². The molecule has 1 unspecified atom stereocenters. The molecule has 2 N–H and O–H groups in total. The number of likely N-dealkylation sites (tertiary alicyclic amines) is 1. The van der Waals surface area contributed by atoms with E-state index in [4.69, 9.17) is 5.73 Å². The maximum atomic E-state index is 13.5. The highest BCUT2D eigenvalue weighted by molar-refractivity contribution is 5.98. The number of rotatable bonds is 2. The van der Waals surface area contributed by atoms with Crippen molar-refractivity contribution in [1.82, 2.24) is 4.90 Å². The van der Waals surface area contributed by atoms with Gasteiger partial charge in [-0.25, -0.2) is 4.39 Å². The summed E-state index contributed by atoms with van der Waals surface area (Å²) in [4.78, 5) is 8.88. The van der Waals surface area contributed by atoms with Crippen molar-refractivity contribution in [3.8, 4) is 0 Å². The van der Waals surface area contributed by atoms with Crippen LogP contribution in [0.3, 0.4) is 0 Å². The second-order valence-electron chi connectivity index (χ2n) is 6.03. The summed E-state index contributed by atoms with van der Waals surface area (Å²) in [5.74, 6) is 0.261. The number of guanidine groups is 1. The van der Waals surface area contributed by atoms with Crippen molar-refractivity contribution in [3.63, 3.8) is 0 Å². The van der Waals surface area contributed by atoms with Crippen LogP contribution in [0.1, 0.15) is 20.3 Å². The Labute approximate surface area is 119 Å². The van der Waals surface area contributed by atoms with Crippen LogP contribution in [0.4, 0.5) is 10.1 Å². The molecule has 0 radical (unpaired) electrons. The van der Waals surface area contributed by atoms with Crippen LogP contribution in [-0.2, 0) is 0 Å². The van der Waals surface area contributed by atoms with Crippen LogP contribution < -0.4 is 10.6 Å². The van der Waals surface area contributed by atoms with Crippen molar-refractivity contribution in [2.24, 2.45) is 10.7 Å². The number of hydrogen-bond donors (Lipinski definition) is 1. The minimum atomic E-state index is -0.240. The van der Waals surface area contributed by atoms with Gasteiger partial charge in [-0.05, 0) is 38.5 Å². The monoisotopic (exact) mass is 276 g/mol. The Balaban J connectivity index is 1.93. The van der Waals surface area contributed by atoms with Gasteiger partial charge >= 0.3 is 0 Å². The highest BCUT2D eigenvalue weighted by Crippen LogP contribution is 2.36. The van der Waals surface area contributed by atoms with Gasteiger partial charge in [0.2, 0.25) is 0 Å². The van der Waals surface area contributed by atoms with Gasteiger partial charge in [0.05, 0.1) is 12.1 Å². The summed E-state index contributed by atoms with van der Waals surface area (Å²) in [5.41, 5.74) is 6.76. The fourth-order valence-electron chi connectivity index (χ4n) is 3.27. The Morgan fingerprint density at radius 3 is 2.85 bits per heavy atom. The van der Waals surface area contributed by atoms with Crippen molar-refractivity contribution in [2.75, 3.05) is 24.5 Å². The molecule has 0 saturated carbocycles. The van der Waals surface area contributed by atoms with E-state index in [1.54, 1.807) is 6.07 Å². The fourth-order valence-corrected chi connectivity index (χ4v) is 3.27. The van der Waals surface area contributed by atoms with E-state index >= 15 is 0 Å². The molecule has 0 bridgehead atoms. The zero-order chi connectivity index (χ0) is 14.3. The molecule has 20 heavy (non-hydrogen) atoms. The molecule has 0 amide bonds. The van der Waals surface area contributed by atoms with E-state index < -0.39 is 0 Å². The van der Waals surface area contributed by atoms with E-state index in [9.17, 15) is 4.39 Å². The van der Waals surface area contributed by atoms with Crippen LogP contribution in [0.15, 0.2) is 29.3 Å². The molecule has 2 aliphatic heterocycles. The third-order valence-electron chi connectivity index (χ3n) is 4.40. The summed E-state index contributed by atoms with van der Waals surface area (Å²) in [6.07, 6.45) is 1.01. The van der Waals surface area contributed by atoms with Crippen LogP contribution in [0, 0.1) is 5.82 Å². The van der Waals surface area contributed by atoms with E-state index in [0.29, 0.717) is 18.5 Å². The molecule has 3 rings (SSSR count). The smallest absolute Gasteiger partial charge is 0.196 e. The van der Waals surface area contributed by atoms with Gasteiger partial charge in [-0.15, -0.1) is 0 Å². The second kappa shape index (κ2) is 4.74. The zero-order valence-corrected chi connectivity index (χ0v) is 12.0. The first-order valence-corrected chi connectivity index (χ1v) is 7.12. The van der Waals surface area contributed by atoms with Crippen molar-refractivity contribution in [1.29, 1.82) is 0 Å². The molecule has 1 atom stereocenters. The first-order valence-electron chi connectivity index (χ1n) is 7.12. The highest BCUT2D eigenvalue weighted by atomic mass is 19.1. The Hall–Kier alpha value is -1.62. The number of nitrogens with two attached hydrogens (primary N) is 1. The lowest BCUT2D eigenvalue weighted by Gasteiger charge is -2.36. The van der Waals surface area contributed by atoms with Crippen molar-refractivity contribution < 1.29 is 4.39 Å². The van der Waals surface area contributed by atoms with Crippen LogP contribution in [0.2, 0.25) is 0 Å². The molecule has 4 nitrogen and oxygen atoms in total. The molecule has 2 aliphatic rings. The van der Waals surface area contributed by atoms with Gasteiger partial charge in [-0.1, -0.05) is 6.07 Å². The minimum Gasteiger partial charge on any atom is -0.369 e. The molecular formula is C15H21FN4. The standard InChI is InChI=1S/C15H21FN4/c1-11(2)19-7-6-15(10-19)9-18-14(17)20(15)13-5-3-4-12(16)8-13/h3-5,8,11H,6-7,9-10H2,1-2H3,(H2,17,18). The lowest BCUT2D eigenvalue weighted by atomic mass is 9.96. The molecule has 1 spiro atoms. The van der Waals surface area contributed by atoms with Gasteiger partial charge in [-0.2, -0.15) is 0 Å². The van der Waals surface area contributed by atoms with Gasteiger partial charge < -0.3 is 10.6 Å². The Morgan fingerprint density at radius 1 is 1.40 bits per heavy atom. The molecular weight excluding hydrogens is 255 g/mol. The molecule has 108 valence electrons. The van der Waals surface area contributed by atoms with Gasteiger partial charge in [0, 0.05) is 24.8 Å². The fraction of sp³-hybridized carbons (Fsp3) is 0.533. The number of hydrogen-bond acceptors (Lipinski definition) is 4. The number of halogens is 1. The average Bonchev–Trinajstić information content (AvgIpc) is 2.95. The van der Waals surface area contributed by atoms with Crippen LogP contribution in [-0.4, -0.2) is 42.1 Å². The molecule has 1 saturated heterocycles. The number of benzene rings is 1. The third kappa shape index (κ3) is 2.06. The molecule has 1 fully saturated rings. The van der Waals surface area contributed by atoms with Crippen LogP contribution in [0.5, 0.6) is 0 Å². The molecule has 2 heterocycles. The predicted molar refractivity (Wildman–Crippen MR) is 79.4 cm³/mol. The Kier molecular flexibility index (Phi) is 3.17. The minimum absolute atomic E-state index is 0.109. The first kappa shape index (κ1) is 13.4. The summed E-state index contributed by atoms with van der Waals surface area (Å²) in [6, 6.07) is 7.11. The van der Waals surface area contributed by atoms with E-state index in [1.165, 1.54) is 12.1 Å². The summed E-state index contributed by atoms with van der Waals surface area (Å²) < 4.78 is 13.5. The van der Waals surface area contributed by atoms with Gasteiger partial charge in [0.1, 0.15) is 5.82 Å². The molecule has 5 heteroatoms. The predicted octanol–water partition coefficient (Wildman–Crippen LogP) is 1.81. The SMILES string of the molecule is CC(C)N1CCC2(CN=C(N)N2c2cccc(F)c2)C1. The van der Waals surface area contributed by atoms with E-state index in [1.807, 2.05) is 11.0 Å². The number of anilines is 1. The highest BCUT2D eigenvalue weighted by Gasteiger charge is 2.48. The molecule has 0 aliphatic carbocycles. The van der Waals surface area contributed by atoms with E-state index in [-0.39, 0.29) is 11.4 Å². The van der Waals surface area contributed by atoms with Crippen molar-refractivity contribution >= 4 is 11.6 Å². The van der Waals surface area contributed by atoms with Crippen LogP contribution >= 0.6 is 0 Å². The first-order chi connectivity index (χ1) is 9.52. The second-order valence-corrected chi connectivity index (χ2v) is 6.03. The van der Waals surface area contributed by atoms with E-state index in [0.717, 1.165) is 25.2 Å². The zero-order valence-electron chi connectivity index (χ0n) is 12.0. The molecule has 1 aromatic rings. The van der Waals surface area contributed by atoms with Gasteiger partial charge in [0.25, 0.3) is 0 Å². The molecule has 1 aromatic carbocycles. The average molecular weight is 276 g/mol. The van der Waals surface area contributed by atoms with Crippen LogP contribution in [0.25, 0.3) is 0 Å². The lowest BCUT2D eigenvalue weighted by molar-refractivity contribution is 0.260. The molecule has 0 aromatic heterocycles. The topological polar surface area (TPSA) is 44.9 Å². The Morgan fingerprint density at radius 2 is 2.20 bits per heavy atom. The van der Waals surface area contributed by atoms with Crippen molar-refractivity contribution in [2.45, 2.75) is 31.8 Å². The number of aliphatic imine (C=N–C) groups is 1. The Bertz CT molecular complexity index is 542. The largest absolute Gasteiger partial charge is 0.369 e.